The number of hydrogen-bond acceptors (Lipinski definition) is 2. The van der Waals surface area contributed by atoms with Gasteiger partial charge in [-0.15, -0.1) is 24.8 Å². The molecule has 0 N–H and O–H groups in total. The van der Waals surface area contributed by atoms with E-state index >= 15 is 0 Å². The third kappa shape index (κ3) is 3.65. The Bertz CT molecular complexity index is 971. The minimum Gasteiger partial charge on any atom is -0.280 e. The molecule has 0 fully saturated rings. The number of fused-ring (bicyclic) bond motifs is 1. The maximum atomic E-state index is 14.0. The van der Waals surface area contributed by atoms with E-state index in [1.807, 2.05) is 59.5 Å². The van der Waals surface area contributed by atoms with Crippen LogP contribution in [0.25, 0.3) is 0 Å². The lowest BCUT2D eigenvalue weighted by atomic mass is 9.60. The molecular weight excluding hydrogens is 403 g/mol. The van der Waals surface area contributed by atoms with Crippen LogP contribution in [0.5, 0.6) is 0 Å². The van der Waals surface area contributed by atoms with Crippen LogP contribution in [-0.4, -0.2) is 10.9 Å². The smallest absolute Gasteiger partial charge is 0.243 e. The van der Waals surface area contributed by atoms with Crippen LogP contribution in [0, 0.1) is 5.41 Å². The van der Waals surface area contributed by atoms with E-state index in [0.29, 0.717) is 6.42 Å². The summed E-state index contributed by atoms with van der Waals surface area (Å²) < 4.78 is 0. The molecule has 1 unspecified atom stereocenters. The van der Waals surface area contributed by atoms with Crippen LogP contribution >= 0.6 is 24.8 Å². The van der Waals surface area contributed by atoms with Gasteiger partial charge in [0.05, 0.1) is 11.1 Å². The Morgan fingerprint density at radius 3 is 2.07 bits per heavy atom. The molecule has 5 heteroatoms. The topological polar surface area (TPSA) is 33.2 Å². The summed E-state index contributed by atoms with van der Waals surface area (Å²) >= 11 is 0. The van der Waals surface area contributed by atoms with Crippen molar-refractivity contribution in [1.82, 2.24) is 4.98 Å². The normalized spacial score (nSPS) is 17.9. The van der Waals surface area contributed by atoms with E-state index in [1.54, 1.807) is 12.4 Å². The second kappa shape index (κ2) is 8.56. The fourth-order valence-corrected chi connectivity index (χ4v) is 4.25. The summed E-state index contributed by atoms with van der Waals surface area (Å²) in [6.07, 6.45) is 4.25. The van der Waals surface area contributed by atoms with E-state index in [9.17, 15) is 4.79 Å². The van der Waals surface area contributed by atoms with E-state index in [2.05, 4.69) is 37.9 Å². The second-order valence-electron chi connectivity index (χ2n) is 8.18. The summed E-state index contributed by atoms with van der Waals surface area (Å²) in [7, 11) is 0. The first-order chi connectivity index (χ1) is 12.9. The van der Waals surface area contributed by atoms with Gasteiger partial charge in [0, 0.05) is 18.1 Å². The first-order valence-corrected chi connectivity index (χ1v) is 9.33. The zero-order valence-electron chi connectivity index (χ0n) is 16.8. The molecule has 3 aromatic rings. The van der Waals surface area contributed by atoms with E-state index in [-0.39, 0.29) is 36.1 Å². The molecule has 0 saturated carbocycles. The molecule has 2 heterocycles. The Kier molecular flexibility index (Phi) is 6.77. The number of benzene rings is 2. The third-order valence-electron chi connectivity index (χ3n) is 5.69. The summed E-state index contributed by atoms with van der Waals surface area (Å²) in [5, 5.41) is 0. The lowest BCUT2D eigenvalue weighted by Gasteiger charge is -2.41. The van der Waals surface area contributed by atoms with Gasteiger partial charge >= 0.3 is 0 Å². The fourth-order valence-electron chi connectivity index (χ4n) is 4.25. The van der Waals surface area contributed by atoms with E-state index < -0.39 is 5.41 Å². The zero-order chi connectivity index (χ0) is 19.1. The average Bonchev–Trinajstić information content (AvgIpc) is 2.92. The van der Waals surface area contributed by atoms with E-state index in [1.165, 1.54) is 0 Å². The Morgan fingerprint density at radius 1 is 0.862 bits per heavy atom. The Hall–Kier alpha value is -2.36. The van der Waals surface area contributed by atoms with Gasteiger partial charge in [-0.25, -0.2) is 0 Å². The number of para-hydroxylation sites is 2. The van der Waals surface area contributed by atoms with Crippen molar-refractivity contribution in [2.24, 2.45) is 5.41 Å². The quantitative estimate of drug-likeness (QED) is 0.502. The van der Waals surface area contributed by atoms with Crippen molar-refractivity contribution in [3.63, 3.8) is 0 Å². The molecule has 1 atom stereocenters. The first kappa shape index (κ1) is 22.9. The van der Waals surface area contributed by atoms with Crippen molar-refractivity contribution >= 4 is 42.1 Å². The SMILES string of the molecule is CC(C)(C)C1(Cc2ccncc2)C(=O)N(c2ccccc2)c2ccccc21.Cl.Cl. The molecule has 0 spiro atoms. The van der Waals surface area contributed by atoms with Crippen molar-refractivity contribution in [3.8, 4) is 0 Å². The minimum absolute atomic E-state index is 0. The molecule has 0 aliphatic carbocycles. The molecule has 0 bridgehead atoms. The highest BCUT2D eigenvalue weighted by Gasteiger charge is 2.57. The molecule has 29 heavy (non-hydrogen) atoms. The average molecular weight is 429 g/mol. The molecule has 0 radical (unpaired) electrons. The van der Waals surface area contributed by atoms with Crippen LogP contribution in [0.3, 0.4) is 0 Å². The van der Waals surface area contributed by atoms with E-state index in [4.69, 9.17) is 0 Å². The number of hydrogen-bond donors (Lipinski definition) is 0. The highest BCUT2D eigenvalue weighted by molar-refractivity contribution is 6.13. The molecule has 1 aromatic heterocycles. The molecule has 152 valence electrons. The maximum absolute atomic E-state index is 14.0. The van der Waals surface area contributed by atoms with Gasteiger partial charge in [0.25, 0.3) is 0 Å². The predicted molar refractivity (Wildman–Crippen MR) is 124 cm³/mol. The molecule has 1 amide bonds. The number of rotatable bonds is 3. The van der Waals surface area contributed by atoms with Crippen LogP contribution in [0.15, 0.2) is 79.1 Å². The van der Waals surface area contributed by atoms with Crippen LogP contribution in [0.4, 0.5) is 11.4 Å². The summed E-state index contributed by atoms with van der Waals surface area (Å²) in [6, 6.07) is 22.2. The number of pyridine rings is 1. The highest BCUT2D eigenvalue weighted by Crippen LogP contribution is 2.55. The lowest BCUT2D eigenvalue weighted by Crippen LogP contribution is -2.49. The minimum atomic E-state index is -0.638. The Morgan fingerprint density at radius 2 is 1.45 bits per heavy atom. The van der Waals surface area contributed by atoms with Crippen molar-refractivity contribution in [2.75, 3.05) is 4.90 Å². The number of amides is 1. The number of carbonyl (C=O) groups excluding carboxylic acids is 1. The first-order valence-electron chi connectivity index (χ1n) is 9.33. The monoisotopic (exact) mass is 428 g/mol. The summed E-state index contributed by atoms with van der Waals surface area (Å²) in [5.74, 6) is 0.138. The number of carbonyl (C=O) groups is 1. The van der Waals surface area contributed by atoms with Gasteiger partial charge < -0.3 is 0 Å². The summed E-state index contributed by atoms with van der Waals surface area (Å²) in [4.78, 5) is 20.1. The van der Waals surface area contributed by atoms with Crippen LogP contribution in [-0.2, 0) is 16.6 Å². The van der Waals surface area contributed by atoms with Crippen LogP contribution in [0.1, 0.15) is 31.9 Å². The van der Waals surface area contributed by atoms with E-state index in [0.717, 1.165) is 22.5 Å². The van der Waals surface area contributed by atoms with Gasteiger partial charge in [-0.2, -0.15) is 0 Å². The lowest BCUT2D eigenvalue weighted by molar-refractivity contribution is -0.126. The highest BCUT2D eigenvalue weighted by atomic mass is 35.5. The van der Waals surface area contributed by atoms with Crippen molar-refractivity contribution < 1.29 is 4.79 Å². The molecule has 1 aliphatic rings. The number of aromatic nitrogens is 1. The third-order valence-corrected chi connectivity index (χ3v) is 5.69. The summed E-state index contributed by atoms with van der Waals surface area (Å²) in [5.41, 5.74) is 3.22. The Labute approximate surface area is 185 Å². The maximum Gasteiger partial charge on any atom is 0.243 e. The molecule has 2 aromatic carbocycles. The van der Waals surface area contributed by atoms with Crippen LogP contribution < -0.4 is 4.90 Å². The number of halogens is 2. The number of nitrogens with zero attached hydrogens (tertiary/aromatic N) is 2. The number of anilines is 2. The van der Waals surface area contributed by atoms with Gasteiger partial charge in [-0.3, -0.25) is 14.7 Å². The van der Waals surface area contributed by atoms with Gasteiger partial charge in [-0.1, -0.05) is 57.2 Å². The van der Waals surface area contributed by atoms with Crippen molar-refractivity contribution in [1.29, 1.82) is 0 Å². The predicted octanol–water partition coefficient (Wildman–Crippen LogP) is 6.13. The van der Waals surface area contributed by atoms with Crippen LogP contribution in [0.2, 0.25) is 0 Å². The summed E-state index contributed by atoms with van der Waals surface area (Å²) in [6.45, 7) is 6.49. The van der Waals surface area contributed by atoms with Gasteiger partial charge in [0.15, 0.2) is 0 Å². The second-order valence-corrected chi connectivity index (χ2v) is 8.18. The van der Waals surface area contributed by atoms with Gasteiger partial charge in [0.2, 0.25) is 5.91 Å². The molecule has 1 aliphatic heterocycles. The molecule has 0 saturated heterocycles. The van der Waals surface area contributed by atoms with Crippen molar-refractivity contribution in [2.45, 2.75) is 32.6 Å². The fraction of sp³-hybridized carbons (Fsp3) is 0.250. The standard InChI is InChI=1S/C24H24N2O.2ClH/c1-23(2,3)24(17-18-13-15-25-16-14-18)20-11-7-8-12-21(20)26(22(24)27)19-9-5-4-6-10-19;;/h4-16H,17H2,1-3H3;2*1H. The van der Waals surface area contributed by atoms with Gasteiger partial charge in [0.1, 0.15) is 0 Å². The molecular formula is C24H26Cl2N2O. The van der Waals surface area contributed by atoms with Crippen molar-refractivity contribution in [3.05, 3.63) is 90.3 Å². The van der Waals surface area contributed by atoms with Gasteiger partial charge in [-0.05, 0) is 53.3 Å². The largest absolute Gasteiger partial charge is 0.280 e. The molecule has 4 rings (SSSR count). The Balaban J connectivity index is 0.00000150. The molecule has 3 nitrogen and oxygen atoms in total. The zero-order valence-corrected chi connectivity index (χ0v) is 18.5.